The molecule has 0 N–H and O–H groups in total. The maximum absolute atomic E-state index is 11.6. The molecule has 4 nitrogen and oxygen atoms in total. The van der Waals surface area contributed by atoms with Gasteiger partial charge in [-0.15, -0.1) is 0 Å². The molecule has 1 heterocycles. The van der Waals surface area contributed by atoms with Crippen molar-refractivity contribution in [3.05, 3.63) is 50.8 Å². The molecule has 2 aromatic rings. The van der Waals surface area contributed by atoms with E-state index in [4.69, 9.17) is 9.47 Å². The lowest BCUT2D eigenvalue weighted by atomic mass is 10.3. The minimum atomic E-state index is -0.479. The zero-order valence-electron chi connectivity index (χ0n) is 9.68. The van der Waals surface area contributed by atoms with Gasteiger partial charge in [0, 0.05) is 9.77 Å². The van der Waals surface area contributed by atoms with Crippen LogP contribution in [0.5, 0.6) is 11.5 Å². The number of ether oxygens (including phenoxy) is 2. The standard InChI is InChI=1S/C13H9BrINO3/c14-13-11(2-1-7-16-13)19-12(17)8-18-10-5-3-9(15)4-6-10/h1-7H,8H2. The fourth-order valence-corrected chi connectivity index (χ4v) is 1.96. The molecule has 2 rings (SSSR count). The second kappa shape index (κ2) is 6.85. The van der Waals surface area contributed by atoms with Crippen molar-refractivity contribution in [3.63, 3.8) is 0 Å². The molecule has 0 spiro atoms. The van der Waals surface area contributed by atoms with Crippen LogP contribution >= 0.6 is 38.5 Å². The summed E-state index contributed by atoms with van der Waals surface area (Å²) in [6.45, 7) is -0.151. The van der Waals surface area contributed by atoms with Gasteiger partial charge in [0.25, 0.3) is 0 Å². The van der Waals surface area contributed by atoms with E-state index in [1.807, 2.05) is 12.1 Å². The fourth-order valence-electron chi connectivity index (χ4n) is 1.27. The van der Waals surface area contributed by atoms with Gasteiger partial charge in [0.2, 0.25) is 0 Å². The van der Waals surface area contributed by atoms with Gasteiger partial charge in [0.05, 0.1) is 0 Å². The summed E-state index contributed by atoms with van der Waals surface area (Å²) in [5.41, 5.74) is 0. The Labute approximate surface area is 132 Å². The second-order valence-electron chi connectivity index (χ2n) is 3.51. The molecule has 6 heteroatoms. The van der Waals surface area contributed by atoms with Crippen LogP contribution in [0, 0.1) is 3.57 Å². The van der Waals surface area contributed by atoms with Crippen LogP contribution in [-0.4, -0.2) is 17.6 Å². The van der Waals surface area contributed by atoms with Gasteiger partial charge < -0.3 is 9.47 Å². The van der Waals surface area contributed by atoms with Gasteiger partial charge in [0.1, 0.15) is 10.4 Å². The van der Waals surface area contributed by atoms with Crippen molar-refractivity contribution < 1.29 is 14.3 Å². The largest absolute Gasteiger partial charge is 0.482 e. The van der Waals surface area contributed by atoms with E-state index in [1.165, 1.54) is 0 Å². The first-order chi connectivity index (χ1) is 9.15. The summed E-state index contributed by atoms with van der Waals surface area (Å²) in [5, 5.41) is 0. The van der Waals surface area contributed by atoms with Crippen LogP contribution < -0.4 is 9.47 Å². The highest BCUT2D eigenvalue weighted by Gasteiger charge is 2.09. The van der Waals surface area contributed by atoms with E-state index in [0.29, 0.717) is 16.1 Å². The van der Waals surface area contributed by atoms with Crippen LogP contribution in [0.15, 0.2) is 47.2 Å². The zero-order valence-corrected chi connectivity index (χ0v) is 13.4. The number of pyridine rings is 1. The molecule has 0 saturated heterocycles. The van der Waals surface area contributed by atoms with Crippen molar-refractivity contribution in [1.29, 1.82) is 0 Å². The summed E-state index contributed by atoms with van der Waals surface area (Å²) >= 11 is 5.40. The lowest BCUT2D eigenvalue weighted by Crippen LogP contribution is -2.18. The summed E-state index contributed by atoms with van der Waals surface area (Å²) in [5.74, 6) is 0.522. The van der Waals surface area contributed by atoms with E-state index in [2.05, 4.69) is 43.5 Å². The molecule has 0 aliphatic rings. The molecule has 0 bridgehead atoms. The highest BCUT2D eigenvalue weighted by atomic mass is 127. The molecule has 19 heavy (non-hydrogen) atoms. The Hall–Kier alpha value is -1.15. The van der Waals surface area contributed by atoms with Crippen molar-refractivity contribution in [1.82, 2.24) is 4.98 Å². The highest BCUT2D eigenvalue weighted by molar-refractivity contribution is 14.1. The van der Waals surface area contributed by atoms with E-state index in [9.17, 15) is 4.79 Å². The van der Waals surface area contributed by atoms with Crippen molar-refractivity contribution in [2.24, 2.45) is 0 Å². The lowest BCUT2D eigenvalue weighted by molar-refractivity contribution is -0.136. The van der Waals surface area contributed by atoms with Gasteiger partial charge in [-0.05, 0) is 74.9 Å². The number of halogens is 2. The first-order valence-electron chi connectivity index (χ1n) is 5.35. The molecule has 98 valence electrons. The minimum absolute atomic E-state index is 0.151. The summed E-state index contributed by atoms with van der Waals surface area (Å²) < 4.78 is 12.0. The lowest BCUT2D eigenvalue weighted by Gasteiger charge is -2.07. The van der Waals surface area contributed by atoms with Crippen molar-refractivity contribution in [2.75, 3.05) is 6.61 Å². The Balaban J connectivity index is 1.88. The van der Waals surface area contributed by atoms with Gasteiger partial charge in [0.15, 0.2) is 12.4 Å². The van der Waals surface area contributed by atoms with Crippen LogP contribution in [0.4, 0.5) is 0 Å². The second-order valence-corrected chi connectivity index (χ2v) is 5.51. The molecule has 0 saturated carbocycles. The van der Waals surface area contributed by atoms with Crippen LogP contribution in [0.1, 0.15) is 0 Å². The number of carbonyl (C=O) groups is 1. The Morgan fingerprint density at radius 3 is 2.68 bits per heavy atom. The van der Waals surface area contributed by atoms with Crippen molar-refractivity contribution in [3.8, 4) is 11.5 Å². The number of hydrogen-bond acceptors (Lipinski definition) is 4. The maximum Gasteiger partial charge on any atom is 0.349 e. The fraction of sp³-hybridized carbons (Fsp3) is 0.0769. The summed E-state index contributed by atoms with van der Waals surface area (Å²) in [4.78, 5) is 15.6. The molecule has 0 aliphatic heterocycles. The van der Waals surface area contributed by atoms with E-state index in [-0.39, 0.29) is 6.61 Å². The topological polar surface area (TPSA) is 48.4 Å². The Morgan fingerprint density at radius 2 is 2.00 bits per heavy atom. The molecular weight excluding hydrogens is 425 g/mol. The normalized spacial score (nSPS) is 10.0. The molecule has 1 aromatic heterocycles. The molecule has 1 aromatic carbocycles. The van der Waals surface area contributed by atoms with Crippen molar-refractivity contribution in [2.45, 2.75) is 0 Å². The molecule has 0 atom stereocenters. The third-order valence-electron chi connectivity index (χ3n) is 2.12. The number of nitrogens with zero attached hydrogens (tertiary/aromatic N) is 1. The Kier molecular flexibility index (Phi) is 5.15. The van der Waals surface area contributed by atoms with Crippen LogP contribution in [0.2, 0.25) is 0 Å². The average molecular weight is 434 g/mol. The van der Waals surface area contributed by atoms with Crippen molar-refractivity contribution >= 4 is 44.5 Å². The zero-order chi connectivity index (χ0) is 13.7. The predicted molar refractivity (Wildman–Crippen MR) is 82.2 cm³/mol. The first-order valence-corrected chi connectivity index (χ1v) is 7.22. The van der Waals surface area contributed by atoms with Gasteiger partial charge in [-0.2, -0.15) is 0 Å². The monoisotopic (exact) mass is 433 g/mol. The number of hydrogen-bond donors (Lipinski definition) is 0. The van der Waals surface area contributed by atoms with Crippen LogP contribution in [0.3, 0.4) is 0 Å². The number of benzene rings is 1. The first kappa shape index (κ1) is 14.3. The quantitative estimate of drug-likeness (QED) is 0.421. The predicted octanol–water partition coefficient (Wildman–Crippen LogP) is 3.43. The van der Waals surface area contributed by atoms with Gasteiger partial charge in [-0.3, -0.25) is 0 Å². The van der Waals surface area contributed by atoms with E-state index in [1.54, 1.807) is 30.5 Å². The van der Waals surface area contributed by atoms with Gasteiger partial charge in [-0.25, -0.2) is 9.78 Å². The molecule has 0 radical (unpaired) electrons. The number of rotatable bonds is 4. The Bertz CT molecular complexity index is 574. The number of aromatic nitrogens is 1. The minimum Gasteiger partial charge on any atom is -0.482 e. The number of carbonyl (C=O) groups excluding carboxylic acids is 1. The van der Waals surface area contributed by atoms with Gasteiger partial charge in [-0.1, -0.05) is 0 Å². The summed E-state index contributed by atoms with van der Waals surface area (Å²) in [7, 11) is 0. The SMILES string of the molecule is O=C(COc1ccc(I)cc1)Oc1cccnc1Br. The van der Waals surface area contributed by atoms with E-state index < -0.39 is 5.97 Å². The Morgan fingerprint density at radius 1 is 1.26 bits per heavy atom. The third-order valence-corrected chi connectivity index (χ3v) is 3.43. The molecule has 0 aliphatic carbocycles. The molecule has 0 fully saturated rings. The van der Waals surface area contributed by atoms with Gasteiger partial charge >= 0.3 is 5.97 Å². The van der Waals surface area contributed by atoms with E-state index >= 15 is 0 Å². The molecule has 0 amide bonds. The molecular formula is C13H9BrINO3. The maximum atomic E-state index is 11.6. The summed E-state index contributed by atoms with van der Waals surface area (Å²) in [6, 6.07) is 10.7. The average Bonchev–Trinajstić information content (AvgIpc) is 2.41. The van der Waals surface area contributed by atoms with E-state index in [0.717, 1.165) is 3.57 Å². The highest BCUT2D eigenvalue weighted by Crippen LogP contribution is 2.21. The van der Waals surface area contributed by atoms with Crippen LogP contribution in [0.25, 0.3) is 0 Å². The number of esters is 1. The summed E-state index contributed by atoms with van der Waals surface area (Å²) in [6.07, 6.45) is 1.60. The third kappa shape index (κ3) is 4.46. The molecule has 0 unspecified atom stereocenters. The smallest absolute Gasteiger partial charge is 0.349 e. The van der Waals surface area contributed by atoms with Crippen LogP contribution in [-0.2, 0) is 4.79 Å².